The van der Waals surface area contributed by atoms with Crippen LogP contribution in [0.2, 0.25) is 5.02 Å². The van der Waals surface area contributed by atoms with E-state index in [1.165, 1.54) is 13.0 Å². The van der Waals surface area contributed by atoms with Gasteiger partial charge in [0.25, 0.3) is 5.91 Å². The number of hydrogen-bond donors (Lipinski definition) is 2. The maximum absolute atomic E-state index is 13.0. The van der Waals surface area contributed by atoms with E-state index in [2.05, 4.69) is 10.0 Å². The first-order valence-electron chi connectivity index (χ1n) is 10.7. The van der Waals surface area contributed by atoms with Gasteiger partial charge < -0.3 is 10.2 Å². The highest BCUT2D eigenvalue weighted by Crippen LogP contribution is 2.31. The zero-order valence-electron chi connectivity index (χ0n) is 18.8. The van der Waals surface area contributed by atoms with E-state index in [-0.39, 0.29) is 28.9 Å². The van der Waals surface area contributed by atoms with Gasteiger partial charge in [0, 0.05) is 36.3 Å². The second-order valence-corrected chi connectivity index (χ2v) is 10.4. The smallest absolute Gasteiger partial charge is 0.258 e. The van der Waals surface area contributed by atoms with Crippen LogP contribution in [0.4, 0.5) is 11.4 Å². The Morgan fingerprint density at radius 1 is 1.03 bits per heavy atom. The minimum absolute atomic E-state index is 0.0172. The van der Waals surface area contributed by atoms with Crippen molar-refractivity contribution in [2.24, 2.45) is 0 Å². The van der Waals surface area contributed by atoms with Crippen LogP contribution in [0.15, 0.2) is 65.6 Å². The lowest BCUT2D eigenvalue weighted by atomic mass is 10.1. The van der Waals surface area contributed by atoms with E-state index in [1.54, 1.807) is 54.3 Å². The minimum atomic E-state index is -3.88. The maximum atomic E-state index is 13.0. The molecular formula is C25H24ClN3O4S. The van der Waals surface area contributed by atoms with Crippen molar-refractivity contribution in [3.8, 4) is 0 Å². The molecule has 0 aromatic heterocycles. The summed E-state index contributed by atoms with van der Waals surface area (Å²) in [6, 6.07) is 17.2. The van der Waals surface area contributed by atoms with Crippen LogP contribution in [0.3, 0.4) is 0 Å². The molecule has 0 unspecified atom stereocenters. The summed E-state index contributed by atoms with van der Waals surface area (Å²) in [6.07, 6.45) is 0.680. The van der Waals surface area contributed by atoms with Crippen molar-refractivity contribution in [1.29, 1.82) is 0 Å². The van der Waals surface area contributed by atoms with Gasteiger partial charge >= 0.3 is 0 Å². The Balaban J connectivity index is 1.51. The van der Waals surface area contributed by atoms with E-state index in [0.29, 0.717) is 23.6 Å². The number of hydrogen-bond acceptors (Lipinski definition) is 4. The van der Waals surface area contributed by atoms with Crippen molar-refractivity contribution in [3.05, 3.63) is 87.9 Å². The standard InChI is InChI=1S/C25H24ClN3O4S/c1-16-3-9-22(28-17(2)30)24(13-16)34(32,33)27-15-18-4-10-23-20(14-18)11-12-29(23)25(31)19-5-7-21(26)8-6-19/h3-10,13-14,27H,11-12,15H2,1-2H3,(H,28,30). The highest BCUT2D eigenvalue weighted by molar-refractivity contribution is 7.89. The molecule has 2 N–H and O–H groups in total. The van der Waals surface area contributed by atoms with Crippen LogP contribution in [0.5, 0.6) is 0 Å². The molecule has 7 nitrogen and oxygen atoms in total. The second kappa shape index (κ2) is 9.58. The molecule has 176 valence electrons. The van der Waals surface area contributed by atoms with Crippen molar-refractivity contribution < 1.29 is 18.0 Å². The number of anilines is 2. The zero-order chi connectivity index (χ0) is 24.5. The Morgan fingerprint density at radius 2 is 1.76 bits per heavy atom. The van der Waals surface area contributed by atoms with Gasteiger partial charge in [-0.3, -0.25) is 9.59 Å². The molecule has 4 rings (SSSR count). The van der Waals surface area contributed by atoms with Crippen molar-refractivity contribution >= 4 is 44.8 Å². The van der Waals surface area contributed by atoms with Crippen LogP contribution in [-0.4, -0.2) is 26.8 Å². The van der Waals surface area contributed by atoms with Gasteiger partial charge in [-0.25, -0.2) is 13.1 Å². The number of nitrogens with zero attached hydrogens (tertiary/aromatic N) is 1. The summed E-state index contributed by atoms with van der Waals surface area (Å²) in [4.78, 5) is 26.1. The number of amides is 2. The summed E-state index contributed by atoms with van der Waals surface area (Å²) in [5.41, 5.74) is 4.12. The number of carbonyl (C=O) groups excluding carboxylic acids is 2. The van der Waals surface area contributed by atoms with E-state index >= 15 is 0 Å². The molecule has 1 heterocycles. The van der Waals surface area contributed by atoms with Crippen molar-refractivity contribution in [2.75, 3.05) is 16.8 Å². The van der Waals surface area contributed by atoms with Crippen molar-refractivity contribution in [1.82, 2.24) is 4.72 Å². The molecule has 1 aliphatic rings. The average Bonchev–Trinajstić information content (AvgIpc) is 3.22. The molecular weight excluding hydrogens is 474 g/mol. The third kappa shape index (κ3) is 5.14. The van der Waals surface area contributed by atoms with Gasteiger partial charge in [-0.05, 0) is 72.5 Å². The predicted octanol–water partition coefficient (Wildman–Crippen LogP) is 4.29. The number of carbonyl (C=O) groups is 2. The predicted molar refractivity (Wildman–Crippen MR) is 133 cm³/mol. The highest BCUT2D eigenvalue weighted by atomic mass is 35.5. The molecule has 3 aromatic carbocycles. The van der Waals surface area contributed by atoms with Crippen LogP contribution >= 0.6 is 11.6 Å². The van der Waals surface area contributed by atoms with Crippen LogP contribution in [0, 0.1) is 6.92 Å². The van der Waals surface area contributed by atoms with E-state index in [9.17, 15) is 18.0 Å². The van der Waals surface area contributed by atoms with Gasteiger partial charge in [0.2, 0.25) is 15.9 Å². The average molecular weight is 498 g/mol. The summed E-state index contributed by atoms with van der Waals surface area (Å²) in [7, 11) is -3.88. The van der Waals surface area contributed by atoms with Crippen LogP contribution < -0.4 is 14.9 Å². The lowest BCUT2D eigenvalue weighted by Gasteiger charge is -2.18. The Bertz CT molecular complexity index is 1370. The molecule has 34 heavy (non-hydrogen) atoms. The first-order chi connectivity index (χ1) is 16.1. The normalized spacial score (nSPS) is 13.0. The number of rotatable bonds is 6. The van der Waals surface area contributed by atoms with Crippen LogP contribution in [-0.2, 0) is 27.8 Å². The molecule has 0 spiro atoms. The van der Waals surface area contributed by atoms with E-state index in [0.717, 1.165) is 22.4 Å². The summed E-state index contributed by atoms with van der Waals surface area (Å²) < 4.78 is 28.6. The Labute approximate surface area is 203 Å². The van der Waals surface area contributed by atoms with E-state index < -0.39 is 10.0 Å². The van der Waals surface area contributed by atoms with E-state index in [1.807, 2.05) is 12.1 Å². The van der Waals surface area contributed by atoms with Crippen molar-refractivity contribution in [2.45, 2.75) is 31.7 Å². The third-order valence-electron chi connectivity index (χ3n) is 5.58. The Morgan fingerprint density at radius 3 is 2.47 bits per heavy atom. The Kier molecular flexibility index (Phi) is 6.74. The van der Waals surface area contributed by atoms with Crippen molar-refractivity contribution in [3.63, 3.8) is 0 Å². The first kappa shape index (κ1) is 23.9. The fourth-order valence-corrected chi connectivity index (χ4v) is 5.31. The number of aryl methyl sites for hydroxylation is 1. The molecule has 0 radical (unpaired) electrons. The fraction of sp³-hybridized carbons (Fsp3) is 0.200. The molecule has 0 fully saturated rings. The molecule has 0 aliphatic carbocycles. The monoisotopic (exact) mass is 497 g/mol. The molecule has 0 bridgehead atoms. The minimum Gasteiger partial charge on any atom is -0.325 e. The third-order valence-corrected chi connectivity index (χ3v) is 7.27. The first-order valence-corrected chi connectivity index (χ1v) is 12.6. The molecule has 3 aromatic rings. The zero-order valence-corrected chi connectivity index (χ0v) is 20.3. The molecule has 0 saturated heterocycles. The summed E-state index contributed by atoms with van der Waals surface area (Å²) >= 11 is 5.92. The molecule has 2 amide bonds. The molecule has 0 saturated carbocycles. The number of benzene rings is 3. The fourth-order valence-electron chi connectivity index (χ4n) is 3.93. The van der Waals surface area contributed by atoms with Gasteiger partial charge in [0.15, 0.2) is 0 Å². The molecule has 9 heteroatoms. The number of halogens is 1. The van der Waals surface area contributed by atoms with Gasteiger partial charge in [-0.15, -0.1) is 0 Å². The number of fused-ring (bicyclic) bond motifs is 1. The quantitative estimate of drug-likeness (QED) is 0.531. The highest BCUT2D eigenvalue weighted by Gasteiger charge is 2.26. The Hall–Kier alpha value is -3.20. The largest absolute Gasteiger partial charge is 0.325 e. The summed E-state index contributed by atoms with van der Waals surface area (Å²) in [6.45, 7) is 3.74. The molecule has 1 aliphatic heterocycles. The van der Waals surface area contributed by atoms with Crippen LogP contribution in [0.1, 0.15) is 34.0 Å². The van der Waals surface area contributed by atoms with E-state index in [4.69, 9.17) is 11.6 Å². The number of sulfonamides is 1. The SMILES string of the molecule is CC(=O)Nc1ccc(C)cc1S(=O)(=O)NCc1ccc2c(c1)CCN2C(=O)c1ccc(Cl)cc1. The van der Waals surface area contributed by atoms with Crippen LogP contribution in [0.25, 0.3) is 0 Å². The summed E-state index contributed by atoms with van der Waals surface area (Å²) in [5, 5.41) is 3.14. The van der Waals surface area contributed by atoms with Gasteiger partial charge in [0.1, 0.15) is 4.90 Å². The maximum Gasteiger partial charge on any atom is 0.258 e. The lowest BCUT2D eigenvalue weighted by molar-refractivity contribution is -0.114. The second-order valence-electron chi connectivity index (χ2n) is 8.18. The topological polar surface area (TPSA) is 95.6 Å². The van der Waals surface area contributed by atoms with Gasteiger partial charge in [-0.1, -0.05) is 29.8 Å². The lowest BCUT2D eigenvalue weighted by Crippen LogP contribution is -2.28. The number of nitrogens with one attached hydrogen (secondary N) is 2. The molecule has 0 atom stereocenters. The summed E-state index contributed by atoms with van der Waals surface area (Å²) in [5.74, 6) is -0.453. The van der Waals surface area contributed by atoms with Gasteiger partial charge in [-0.2, -0.15) is 0 Å². The van der Waals surface area contributed by atoms with Gasteiger partial charge in [0.05, 0.1) is 5.69 Å².